The Labute approximate surface area is 112 Å². The zero-order valence-electron chi connectivity index (χ0n) is 9.18. The van der Waals surface area contributed by atoms with E-state index in [-0.39, 0.29) is 10.6 Å². The van der Waals surface area contributed by atoms with Gasteiger partial charge in [0.2, 0.25) is 0 Å². The van der Waals surface area contributed by atoms with Crippen LogP contribution in [0.25, 0.3) is 0 Å². The van der Waals surface area contributed by atoms with Crippen LogP contribution < -0.4 is 5.73 Å². The van der Waals surface area contributed by atoms with Gasteiger partial charge in [0.05, 0.1) is 10.6 Å². The zero-order chi connectivity index (χ0) is 14.5. The van der Waals surface area contributed by atoms with Crippen LogP contribution >= 0.6 is 23.2 Å². The van der Waals surface area contributed by atoms with E-state index in [4.69, 9.17) is 34.2 Å². The minimum absolute atomic E-state index is 0.291. The van der Waals surface area contributed by atoms with Crippen LogP contribution in [0.2, 0.25) is 0 Å². The first-order chi connectivity index (χ1) is 8.15. The van der Waals surface area contributed by atoms with Gasteiger partial charge in [-0.05, 0) is 6.92 Å². The molecule has 0 radical (unpaired) electrons. The maximum absolute atomic E-state index is 12.4. The molecule has 8 heteroatoms. The van der Waals surface area contributed by atoms with E-state index in [0.717, 1.165) is 13.1 Å². The molecule has 0 aromatic heterocycles. The highest BCUT2D eigenvalue weighted by molar-refractivity contribution is 6.36. The van der Waals surface area contributed by atoms with E-state index in [1.165, 1.54) is 0 Å². The molecule has 2 N–H and O–H groups in total. The average Bonchev–Trinajstić information content (AvgIpc) is 2.31. The molecule has 0 heterocycles. The number of nitrogens with two attached hydrogens (primary N) is 1. The van der Waals surface area contributed by atoms with Gasteiger partial charge >= 0.3 is 6.18 Å². The summed E-state index contributed by atoms with van der Waals surface area (Å²) in [6.45, 7) is 4.01. The highest BCUT2D eigenvalue weighted by Gasteiger charge is 2.39. The van der Waals surface area contributed by atoms with Crippen molar-refractivity contribution in [2.75, 3.05) is 0 Å². The highest BCUT2D eigenvalue weighted by atomic mass is 35.5. The molecule has 1 atom stereocenters. The quantitative estimate of drug-likeness (QED) is 0.491. The van der Waals surface area contributed by atoms with Gasteiger partial charge in [-0.1, -0.05) is 29.8 Å². The number of hydrogen-bond acceptors (Lipinski definition) is 3. The second-order valence-electron chi connectivity index (χ2n) is 3.05. The molecule has 0 rings (SSSR count). The maximum Gasteiger partial charge on any atom is 0.425 e. The molecule has 0 fully saturated rings. The summed E-state index contributed by atoms with van der Waals surface area (Å²) in [5, 5.41) is 7.78. The highest BCUT2D eigenvalue weighted by Crippen LogP contribution is 2.31. The van der Waals surface area contributed by atoms with Crippen LogP contribution in [0, 0.1) is 11.3 Å². The number of allylic oxidation sites excluding steroid dienone is 3. The van der Waals surface area contributed by atoms with Gasteiger partial charge in [-0.3, -0.25) is 0 Å². The average molecular weight is 301 g/mol. The van der Waals surface area contributed by atoms with Crippen LogP contribution in [0.3, 0.4) is 0 Å². The van der Waals surface area contributed by atoms with Crippen LogP contribution in [-0.4, -0.2) is 12.3 Å². The summed E-state index contributed by atoms with van der Waals surface area (Å²) in [7, 11) is 0. The van der Waals surface area contributed by atoms with Gasteiger partial charge in [-0.2, -0.15) is 18.4 Å². The van der Waals surface area contributed by atoms with E-state index in [2.05, 4.69) is 11.3 Å². The third-order valence-electron chi connectivity index (χ3n) is 1.72. The molecule has 1 unspecified atom stereocenters. The largest absolute Gasteiger partial charge is 0.478 e. The smallest absolute Gasteiger partial charge is 0.425 e. The summed E-state index contributed by atoms with van der Waals surface area (Å²) in [5.41, 5.74) is 4.79. The van der Waals surface area contributed by atoms with E-state index >= 15 is 0 Å². The summed E-state index contributed by atoms with van der Waals surface area (Å²) in [6, 6.07) is 1.56. The standard InChI is InChI=1S/C10H9Cl2F3N2O/c1-5(3-16)8(12)9(7(11)4-17)18-6(2)10(13,14)15/h4,6H,1,17H2,2H3/b7-4+,9-8-. The second-order valence-corrected chi connectivity index (χ2v) is 3.83. The van der Waals surface area contributed by atoms with Gasteiger partial charge < -0.3 is 10.5 Å². The van der Waals surface area contributed by atoms with Gasteiger partial charge in [-0.15, -0.1) is 0 Å². The molecule has 0 bridgehead atoms. The van der Waals surface area contributed by atoms with Gasteiger partial charge in [0.25, 0.3) is 0 Å². The molecule has 0 spiro atoms. The predicted molar refractivity (Wildman–Crippen MR) is 62.4 cm³/mol. The number of halogens is 5. The molecule has 18 heavy (non-hydrogen) atoms. The van der Waals surface area contributed by atoms with Crippen LogP contribution in [0.5, 0.6) is 0 Å². The molecule has 0 aliphatic carbocycles. The van der Waals surface area contributed by atoms with E-state index in [0.29, 0.717) is 0 Å². The summed E-state index contributed by atoms with van der Waals surface area (Å²) < 4.78 is 41.6. The molecule has 0 amide bonds. The summed E-state index contributed by atoms with van der Waals surface area (Å²) >= 11 is 11.2. The summed E-state index contributed by atoms with van der Waals surface area (Å²) in [4.78, 5) is 0. The number of rotatable bonds is 4. The molecular weight excluding hydrogens is 292 g/mol. The fourth-order valence-corrected chi connectivity index (χ4v) is 1.09. The monoisotopic (exact) mass is 300 g/mol. The minimum atomic E-state index is -4.61. The molecule has 0 aromatic rings. The molecule has 0 aliphatic heterocycles. The first-order valence-corrected chi connectivity index (χ1v) is 5.21. The Balaban J connectivity index is 5.44. The van der Waals surface area contributed by atoms with Gasteiger partial charge in [0.1, 0.15) is 11.1 Å². The third-order valence-corrected chi connectivity index (χ3v) is 2.42. The Morgan fingerprint density at radius 2 is 2.00 bits per heavy atom. The predicted octanol–water partition coefficient (Wildman–Crippen LogP) is 3.52. The molecule has 3 nitrogen and oxygen atoms in total. The fraction of sp³-hybridized carbons (Fsp3) is 0.300. The van der Waals surface area contributed by atoms with Crippen molar-refractivity contribution in [1.29, 1.82) is 5.26 Å². The lowest BCUT2D eigenvalue weighted by molar-refractivity contribution is -0.202. The van der Waals surface area contributed by atoms with Crippen molar-refractivity contribution < 1.29 is 17.9 Å². The number of ether oxygens (including phenoxy) is 1. The van der Waals surface area contributed by atoms with Crippen molar-refractivity contribution in [1.82, 2.24) is 0 Å². The molecule has 0 aliphatic rings. The number of alkyl halides is 3. The normalized spacial score (nSPS) is 15.5. The molecule has 100 valence electrons. The lowest BCUT2D eigenvalue weighted by Crippen LogP contribution is -2.28. The molecule has 0 aromatic carbocycles. The van der Waals surface area contributed by atoms with Crippen LogP contribution in [-0.2, 0) is 4.74 Å². The van der Waals surface area contributed by atoms with E-state index < -0.39 is 23.1 Å². The van der Waals surface area contributed by atoms with Gasteiger partial charge in [0, 0.05) is 6.20 Å². The lowest BCUT2D eigenvalue weighted by Gasteiger charge is -2.20. The molecular formula is C10H9Cl2F3N2O. The van der Waals surface area contributed by atoms with Crippen LogP contribution in [0.15, 0.2) is 34.2 Å². The third kappa shape index (κ3) is 4.51. The second kappa shape index (κ2) is 6.57. The first kappa shape index (κ1) is 16.7. The topological polar surface area (TPSA) is 59.0 Å². The van der Waals surface area contributed by atoms with Crippen molar-refractivity contribution in [2.24, 2.45) is 5.73 Å². The molecule has 0 saturated heterocycles. The Hall–Kier alpha value is -1.32. The SMILES string of the molecule is C=C(C#N)/C(Cl)=C(OC(C)C(F)(F)F)\C(Cl)=C/N. The first-order valence-electron chi connectivity index (χ1n) is 4.45. The zero-order valence-corrected chi connectivity index (χ0v) is 10.7. The Kier molecular flexibility index (Phi) is 6.09. The van der Waals surface area contributed by atoms with E-state index in [1.807, 2.05) is 0 Å². The van der Waals surface area contributed by atoms with Crippen molar-refractivity contribution in [3.8, 4) is 6.07 Å². The van der Waals surface area contributed by atoms with E-state index in [9.17, 15) is 13.2 Å². The van der Waals surface area contributed by atoms with Crippen molar-refractivity contribution >= 4 is 23.2 Å². The van der Waals surface area contributed by atoms with Gasteiger partial charge in [-0.25, -0.2) is 0 Å². The summed E-state index contributed by atoms with van der Waals surface area (Å²) in [5.74, 6) is -0.544. The molecule has 0 saturated carbocycles. The fourth-order valence-electron chi connectivity index (χ4n) is 0.718. The minimum Gasteiger partial charge on any atom is -0.478 e. The lowest BCUT2D eigenvalue weighted by atomic mass is 10.2. The number of nitrogens with zero attached hydrogens (tertiary/aromatic N) is 1. The Bertz CT molecular complexity index is 435. The van der Waals surface area contributed by atoms with Gasteiger partial charge in [0.15, 0.2) is 11.9 Å². The van der Waals surface area contributed by atoms with Crippen molar-refractivity contribution in [2.45, 2.75) is 19.2 Å². The Morgan fingerprint density at radius 1 is 1.50 bits per heavy atom. The van der Waals surface area contributed by atoms with E-state index in [1.54, 1.807) is 6.07 Å². The van der Waals surface area contributed by atoms with Crippen LogP contribution in [0.1, 0.15) is 6.92 Å². The van der Waals surface area contributed by atoms with Crippen molar-refractivity contribution in [3.05, 3.63) is 34.2 Å². The maximum atomic E-state index is 12.4. The van der Waals surface area contributed by atoms with Crippen LogP contribution in [0.4, 0.5) is 13.2 Å². The summed E-state index contributed by atoms with van der Waals surface area (Å²) in [6.07, 6.45) is -5.98. The number of nitriles is 1. The van der Waals surface area contributed by atoms with Crippen molar-refractivity contribution in [3.63, 3.8) is 0 Å². The number of hydrogen-bond donors (Lipinski definition) is 1. The Morgan fingerprint density at radius 3 is 2.33 bits per heavy atom.